The average Bonchev–Trinajstić information content (AvgIpc) is 2.50. The largest absolute Gasteiger partial charge is 0.353 e. The van der Waals surface area contributed by atoms with Gasteiger partial charge in [-0.25, -0.2) is 9.98 Å². The summed E-state index contributed by atoms with van der Waals surface area (Å²) >= 11 is 11.9. The fourth-order valence-electron chi connectivity index (χ4n) is 2.15. The van der Waals surface area contributed by atoms with Gasteiger partial charge in [0.1, 0.15) is 12.9 Å². The molecule has 1 aliphatic rings. The van der Waals surface area contributed by atoms with Gasteiger partial charge in [-0.1, -0.05) is 29.3 Å². The first-order valence-corrected chi connectivity index (χ1v) is 7.13. The van der Waals surface area contributed by atoms with Gasteiger partial charge >= 0.3 is 0 Å². The van der Waals surface area contributed by atoms with Crippen LogP contribution in [-0.4, -0.2) is 21.5 Å². The first-order valence-electron chi connectivity index (χ1n) is 6.38. The fraction of sp³-hybridized carbons (Fsp3) is 0.143. The molecule has 3 rings (SSSR count). The number of aromatic nitrogens is 1. The summed E-state index contributed by atoms with van der Waals surface area (Å²) in [5.41, 5.74) is 1.43. The average molecular weight is 337 g/mol. The second kappa shape index (κ2) is 5.90. The molecule has 0 saturated heterocycles. The predicted octanol–water partition coefficient (Wildman–Crippen LogP) is 2.13. The Morgan fingerprint density at radius 3 is 2.82 bits per heavy atom. The summed E-state index contributed by atoms with van der Waals surface area (Å²) in [4.78, 5) is 20.6. The van der Waals surface area contributed by atoms with Gasteiger partial charge in [0.15, 0.2) is 5.49 Å². The van der Waals surface area contributed by atoms with E-state index in [1.165, 1.54) is 12.3 Å². The van der Waals surface area contributed by atoms with Gasteiger partial charge in [-0.15, -0.1) is 0 Å². The molecule has 0 amide bonds. The molecule has 2 heterocycles. The molecule has 6 nitrogen and oxygen atoms in total. The van der Waals surface area contributed by atoms with Crippen molar-refractivity contribution in [3.8, 4) is 0 Å². The Hall–Kier alpha value is -2.18. The van der Waals surface area contributed by atoms with Crippen molar-refractivity contribution in [2.75, 3.05) is 6.67 Å². The third-order valence-corrected chi connectivity index (χ3v) is 3.92. The molecule has 0 radical (unpaired) electrons. The number of rotatable bonds is 3. The van der Waals surface area contributed by atoms with Gasteiger partial charge < -0.3 is 4.90 Å². The zero-order valence-electron chi connectivity index (χ0n) is 11.2. The zero-order valence-corrected chi connectivity index (χ0v) is 12.8. The number of hydrogen-bond donors (Lipinski definition) is 0. The molecule has 0 saturated carbocycles. The topological polar surface area (TPSA) is 71.6 Å². The third kappa shape index (κ3) is 3.03. The van der Waals surface area contributed by atoms with Crippen molar-refractivity contribution in [2.45, 2.75) is 6.54 Å². The molecule has 22 heavy (non-hydrogen) atoms. The Morgan fingerprint density at radius 1 is 1.27 bits per heavy atom. The van der Waals surface area contributed by atoms with E-state index in [0.717, 1.165) is 5.56 Å². The summed E-state index contributed by atoms with van der Waals surface area (Å²) < 4.78 is 0. The van der Waals surface area contributed by atoms with E-state index in [9.17, 15) is 10.1 Å². The van der Waals surface area contributed by atoms with Gasteiger partial charge in [0.2, 0.25) is 0 Å². The molecule has 2 aromatic rings. The molecule has 0 spiro atoms. The Kier molecular flexibility index (Phi) is 3.96. The summed E-state index contributed by atoms with van der Waals surface area (Å²) in [5.74, 6) is 0. The van der Waals surface area contributed by atoms with E-state index < -0.39 is 4.92 Å². The van der Waals surface area contributed by atoms with E-state index in [1.54, 1.807) is 12.1 Å². The Bertz CT molecular complexity index is 870. The van der Waals surface area contributed by atoms with Gasteiger partial charge in [0.25, 0.3) is 5.69 Å². The monoisotopic (exact) mass is 336 g/mol. The van der Waals surface area contributed by atoms with Crippen LogP contribution in [-0.2, 0) is 6.54 Å². The van der Waals surface area contributed by atoms with Crippen LogP contribution in [0.2, 0.25) is 10.0 Å². The second-order valence-electron chi connectivity index (χ2n) is 4.79. The van der Waals surface area contributed by atoms with Crippen molar-refractivity contribution < 1.29 is 4.92 Å². The standard InChI is InChI=1S/C14H10Cl2N4O2/c15-12-2-1-9(3-13(12)16)6-19-7-10-4-11(20(21)22)5-17-14(10)18-8-19/h1-5,7H,6,8H2. The smallest absolute Gasteiger partial charge is 0.288 e. The van der Waals surface area contributed by atoms with Gasteiger partial charge in [-0.2, -0.15) is 0 Å². The predicted molar refractivity (Wildman–Crippen MR) is 83.0 cm³/mol. The zero-order chi connectivity index (χ0) is 15.7. The van der Waals surface area contributed by atoms with Crippen LogP contribution in [0.4, 0.5) is 5.69 Å². The highest BCUT2D eigenvalue weighted by Crippen LogP contribution is 2.23. The molecular weight excluding hydrogens is 327 g/mol. The molecule has 0 atom stereocenters. The molecule has 0 fully saturated rings. The van der Waals surface area contributed by atoms with Crippen LogP contribution in [0, 0.1) is 10.1 Å². The number of nitro groups is 1. The summed E-state index contributed by atoms with van der Waals surface area (Å²) in [6.07, 6.45) is 3.02. The van der Waals surface area contributed by atoms with Crippen LogP contribution in [0.25, 0.3) is 6.20 Å². The van der Waals surface area contributed by atoms with E-state index in [4.69, 9.17) is 23.2 Å². The summed E-state index contributed by atoms with van der Waals surface area (Å²) in [6.45, 7) is 1.00. The maximum Gasteiger partial charge on any atom is 0.288 e. The number of fused-ring (bicyclic) bond motifs is 1. The minimum Gasteiger partial charge on any atom is -0.353 e. The molecule has 1 aromatic heterocycles. The quantitative estimate of drug-likeness (QED) is 0.635. The highest BCUT2D eigenvalue weighted by molar-refractivity contribution is 6.42. The molecular formula is C14H10Cl2N4O2. The number of hydrogen-bond acceptors (Lipinski definition) is 5. The van der Waals surface area contributed by atoms with Gasteiger partial charge in [-0.05, 0) is 17.7 Å². The van der Waals surface area contributed by atoms with E-state index in [2.05, 4.69) is 9.98 Å². The molecule has 1 aliphatic heterocycles. The van der Waals surface area contributed by atoms with Crippen molar-refractivity contribution >= 4 is 35.1 Å². The second-order valence-corrected chi connectivity index (χ2v) is 5.60. The maximum absolute atomic E-state index is 10.8. The number of halogens is 2. The molecule has 0 unspecified atom stereocenters. The molecule has 1 aromatic carbocycles. The third-order valence-electron chi connectivity index (χ3n) is 3.18. The normalized spacial score (nSPS) is 13.1. The van der Waals surface area contributed by atoms with Crippen LogP contribution in [0.15, 0.2) is 35.5 Å². The van der Waals surface area contributed by atoms with Gasteiger partial charge in [-0.3, -0.25) is 10.1 Å². The maximum atomic E-state index is 10.8. The van der Waals surface area contributed by atoms with Crippen LogP contribution in [0.1, 0.15) is 5.56 Å². The number of nitrogens with zero attached hydrogens (tertiary/aromatic N) is 4. The SMILES string of the molecule is O=[N+]([O-])c1cnc2c(c1)=CN(Cc1ccc(Cl)c(Cl)c1)CN=2. The molecule has 0 bridgehead atoms. The van der Waals surface area contributed by atoms with E-state index in [0.29, 0.717) is 34.0 Å². The Labute approximate surface area is 135 Å². The number of pyridine rings is 1. The van der Waals surface area contributed by atoms with E-state index >= 15 is 0 Å². The first-order chi connectivity index (χ1) is 10.5. The Balaban J connectivity index is 1.90. The van der Waals surface area contributed by atoms with Crippen molar-refractivity contribution in [3.63, 3.8) is 0 Å². The van der Waals surface area contributed by atoms with Crippen LogP contribution in [0.5, 0.6) is 0 Å². The van der Waals surface area contributed by atoms with Gasteiger partial charge in [0.05, 0.1) is 15.0 Å². The van der Waals surface area contributed by atoms with E-state index in [-0.39, 0.29) is 5.69 Å². The highest BCUT2D eigenvalue weighted by atomic mass is 35.5. The summed E-state index contributed by atoms with van der Waals surface area (Å²) in [5, 5.41) is 12.4. The first kappa shape index (κ1) is 14.7. The summed E-state index contributed by atoms with van der Waals surface area (Å²) in [6, 6.07) is 6.87. The lowest BCUT2D eigenvalue weighted by molar-refractivity contribution is -0.385. The van der Waals surface area contributed by atoms with Crippen LogP contribution < -0.4 is 10.7 Å². The lowest BCUT2D eigenvalue weighted by Gasteiger charge is -2.20. The molecule has 8 heteroatoms. The molecule has 0 N–H and O–H groups in total. The van der Waals surface area contributed by atoms with Crippen molar-refractivity contribution in [1.82, 2.24) is 9.88 Å². The molecule has 112 valence electrons. The summed E-state index contributed by atoms with van der Waals surface area (Å²) in [7, 11) is 0. The van der Waals surface area contributed by atoms with Crippen LogP contribution >= 0.6 is 23.2 Å². The van der Waals surface area contributed by atoms with Gasteiger partial charge in [0, 0.05) is 24.0 Å². The van der Waals surface area contributed by atoms with Crippen LogP contribution in [0.3, 0.4) is 0 Å². The van der Waals surface area contributed by atoms with Crippen molar-refractivity contribution in [3.05, 3.63) is 66.9 Å². The molecule has 0 aliphatic carbocycles. The number of benzene rings is 1. The fourth-order valence-corrected chi connectivity index (χ4v) is 2.47. The lowest BCUT2D eigenvalue weighted by Crippen LogP contribution is -2.37. The van der Waals surface area contributed by atoms with Crippen molar-refractivity contribution in [1.29, 1.82) is 0 Å². The Morgan fingerprint density at radius 2 is 2.09 bits per heavy atom. The van der Waals surface area contributed by atoms with Crippen molar-refractivity contribution in [2.24, 2.45) is 4.99 Å². The lowest BCUT2D eigenvalue weighted by atomic mass is 10.2. The van der Waals surface area contributed by atoms with E-state index in [1.807, 2.05) is 17.2 Å². The highest BCUT2D eigenvalue weighted by Gasteiger charge is 2.11. The minimum absolute atomic E-state index is 0.0541. The minimum atomic E-state index is -0.473.